The summed E-state index contributed by atoms with van der Waals surface area (Å²) in [5, 5.41) is 15.0. The second kappa shape index (κ2) is 8.28. The van der Waals surface area contributed by atoms with Gasteiger partial charge in [0, 0.05) is 0 Å². The highest BCUT2D eigenvalue weighted by molar-refractivity contribution is 6.07. The third-order valence-electron chi connectivity index (χ3n) is 5.48. The molecule has 2 atom stereocenters. The molecule has 0 spiro atoms. The minimum atomic E-state index is -1.22. The fraction of sp³-hybridized carbons (Fsp3) is 0.250. The van der Waals surface area contributed by atoms with Crippen LogP contribution >= 0.6 is 0 Å². The number of urea groups is 1. The summed E-state index contributed by atoms with van der Waals surface area (Å²) in [6, 6.07) is 19.8. The SMILES string of the molecule is COc1ccc2cc([C@]3(C)NC(=O)N(C[C@H](O)COc4ccccc4)C3=O)ccc2c1. The maximum atomic E-state index is 13.2. The molecule has 7 nitrogen and oxygen atoms in total. The molecule has 0 saturated carbocycles. The van der Waals surface area contributed by atoms with E-state index in [4.69, 9.17) is 9.47 Å². The van der Waals surface area contributed by atoms with Crippen molar-refractivity contribution in [1.29, 1.82) is 0 Å². The Morgan fingerprint density at radius 2 is 1.71 bits per heavy atom. The number of para-hydroxylation sites is 1. The molecule has 7 heteroatoms. The predicted octanol–water partition coefficient (Wildman–Crippen LogP) is 3.06. The van der Waals surface area contributed by atoms with Gasteiger partial charge in [0.15, 0.2) is 0 Å². The Morgan fingerprint density at radius 1 is 1.00 bits per heavy atom. The standard InChI is InChI=1S/C24H24N2O5/c1-24(18-10-8-17-13-21(30-2)11-9-16(17)12-18)22(28)26(23(29)25-24)14-19(27)15-31-20-6-4-3-5-7-20/h3-13,19,27H,14-15H2,1-2H3,(H,25,29)/t19-,24-/m0/s1. The van der Waals surface area contributed by atoms with Crippen LogP contribution in [0.5, 0.6) is 11.5 Å². The first-order chi connectivity index (χ1) is 14.9. The molecule has 3 amide bonds. The second-order valence-corrected chi connectivity index (χ2v) is 7.68. The molecule has 1 fully saturated rings. The highest BCUT2D eigenvalue weighted by Crippen LogP contribution is 2.32. The van der Waals surface area contributed by atoms with E-state index in [-0.39, 0.29) is 13.2 Å². The maximum Gasteiger partial charge on any atom is 0.325 e. The number of hydrogen-bond acceptors (Lipinski definition) is 5. The lowest BCUT2D eigenvalue weighted by atomic mass is 9.90. The highest BCUT2D eigenvalue weighted by Gasteiger charge is 2.49. The minimum absolute atomic E-state index is 0.0321. The van der Waals surface area contributed by atoms with E-state index in [2.05, 4.69) is 5.32 Å². The molecule has 160 valence electrons. The summed E-state index contributed by atoms with van der Waals surface area (Å²) >= 11 is 0. The van der Waals surface area contributed by atoms with Crippen molar-refractivity contribution in [2.45, 2.75) is 18.6 Å². The summed E-state index contributed by atoms with van der Waals surface area (Å²) < 4.78 is 10.8. The fourth-order valence-corrected chi connectivity index (χ4v) is 3.69. The summed E-state index contributed by atoms with van der Waals surface area (Å²) in [6.07, 6.45) is -1.01. The van der Waals surface area contributed by atoms with Gasteiger partial charge in [0.05, 0.1) is 13.7 Å². The van der Waals surface area contributed by atoms with E-state index in [0.29, 0.717) is 11.3 Å². The number of amides is 3. The van der Waals surface area contributed by atoms with E-state index in [0.717, 1.165) is 21.4 Å². The third kappa shape index (κ3) is 4.04. The van der Waals surface area contributed by atoms with E-state index in [1.807, 2.05) is 54.6 Å². The van der Waals surface area contributed by atoms with Crippen LogP contribution in [0.1, 0.15) is 12.5 Å². The number of methoxy groups -OCH3 is 1. The number of fused-ring (bicyclic) bond motifs is 1. The highest BCUT2D eigenvalue weighted by atomic mass is 16.5. The zero-order valence-electron chi connectivity index (χ0n) is 17.4. The smallest absolute Gasteiger partial charge is 0.325 e. The van der Waals surface area contributed by atoms with E-state index in [1.165, 1.54) is 0 Å². The summed E-state index contributed by atoms with van der Waals surface area (Å²) in [7, 11) is 1.61. The number of carbonyl (C=O) groups is 2. The number of β-amino-alcohol motifs (C(OH)–C–C–N with tert-alkyl or cyclic N) is 1. The van der Waals surface area contributed by atoms with E-state index >= 15 is 0 Å². The lowest BCUT2D eigenvalue weighted by Gasteiger charge is -2.23. The number of hydrogen-bond donors (Lipinski definition) is 2. The molecule has 31 heavy (non-hydrogen) atoms. The molecule has 1 heterocycles. The Hall–Kier alpha value is -3.58. The van der Waals surface area contributed by atoms with E-state index in [9.17, 15) is 14.7 Å². The molecule has 2 N–H and O–H groups in total. The van der Waals surface area contributed by atoms with Gasteiger partial charge in [-0.05, 0) is 53.6 Å². The van der Waals surface area contributed by atoms with Crippen molar-refractivity contribution >= 4 is 22.7 Å². The first-order valence-corrected chi connectivity index (χ1v) is 9.99. The average Bonchev–Trinajstić information content (AvgIpc) is 3.01. The van der Waals surface area contributed by atoms with Crippen molar-refractivity contribution in [3.63, 3.8) is 0 Å². The Balaban J connectivity index is 1.49. The van der Waals surface area contributed by atoms with Gasteiger partial charge in [-0.25, -0.2) is 4.79 Å². The van der Waals surface area contributed by atoms with Crippen molar-refractivity contribution in [1.82, 2.24) is 10.2 Å². The van der Waals surface area contributed by atoms with Crippen LogP contribution in [0.3, 0.4) is 0 Å². The van der Waals surface area contributed by atoms with Crippen molar-refractivity contribution < 1.29 is 24.2 Å². The number of benzene rings is 3. The van der Waals surface area contributed by atoms with Gasteiger partial charge in [-0.15, -0.1) is 0 Å². The average molecular weight is 420 g/mol. The van der Waals surface area contributed by atoms with Crippen LogP contribution < -0.4 is 14.8 Å². The second-order valence-electron chi connectivity index (χ2n) is 7.68. The van der Waals surface area contributed by atoms with Gasteiger partial charge in [-0.2, -0.15) is 0 Å². The van der Waals surface area contributed by atoms with Crippen molar-refractivity contribution in [2.75, 3.05) is 20.3 Å². The third-order valence-corrected chi connectivity index (χ3v) is 5.48. The molecule has 0 bridgehead atoms. The first kappa shape index (κ1) is 20.7. The van der Waals surface area contributed by atoms with Gasteiger partial charge in [0.2, 0.25) is 0 Å². The topological polar surface area (TPSA) is 88.1 Å². The number of rotatable bonds is 7. The van der Waals surface area contributed by atoms with Crippen LogP contribution in [0.4, 0.5) is 4.79 Å². The molecule has 0 radical (unpaired) electrons. The Bertz CT molecular complexity index is 1120. The van der Waals surface area contributed by atoms with E-state index < -0.39 is 23.6 Å². The van der Waals surface area contributed by atoms with Crippen LogP contribution in [0.15, 0.2) is 66.7 Å². The quantitative estimate of drug-likeness (QED) is 0.574. The molecular formula is C24H24N2O5. The van der Waals surface area contributed by atoms with Crippen molar-refractivity contribution in [2.24, 2.45) is 0 Å². The molecule has 0 unspecified atom stereocenters. The van der Waals surface area contributed by atoms with Gasteiger partial charge in [0.25, 0.3) is 5.91 Å². The number of aliphatic hydroxyl groups is 1. The molecule has 4 rings (SSSR count). The number of nitrogens with one attached hydrogen (secondary N) is 1. The molecule has 1 saturated heterocycles. The number of carbonyl (C=O) groups excluding carboxylic acids is 2. The summed E-state index contributed by atoms with van der Waals surface area (Å²) in [5.74, 6) is 0.940. The van der Waals surface area contributed by atoms with E-state index in [1.54, 1.807) is 26.2 Å². The lowest BCUT2D eigenvalue weighted by Crippen LogP contribution is -2.42. The Labute approximate surface area is 180 Å². The zero-order chi connectivity index (χ0) is 22.0. The van der Waals surface area contributed by atoms with Gasteiger partial charge >= 0.3 is 6.03 Å². The van der Waals surface area contributed by atoms with Gasteiger partial charge < -0.3 is 19.9 Å². The lowest BCUT2D eigenvalue weighted by molar-refractivity contribution is -0.132. The van der Waals surface area contributed by atoms with Crippen LogP contribution in [-0.2, 0) is 10.3 Å². The molecule has 3 aromatic rings. The monoisotopic (exact) mass is 420 g/mol. The number of aliphatic hydroxyl groups excluding tert-OH is 1. The molecule has 1 aliphatic rings. The van der Waals surface area contributed by atoms with Crippen LogP contribution in [0.2, 0.25) is 0 Å². The Kier molecular flexibility index (Phi) is 5.52. The van der Waals surface area contributed by atoms with Crippen LogP contribution in [-0.4, -0.2) is 48.3 Å². The summed E-state index contributed by atoms with van der Waals surface area (Å²) in [6.45, 7) is 1.48. The number of nitrogens with zero attached hydrogens (tertiary/aromatic N) is 1. The largest absolute Gasteiger partial charge is 0.497 e. The first-order valence-electron chi connectivity index (χ1n) is 9.99. The fourth-order valence-electron chi connectivity index (χ4n) is 3.69. The van der Waals surface area contributed by atoms with Gasteiger partial charge in [-0.1, -0.05) is 36.4 Å². The maximum absolute atomic E-state index is 13.2. The molecular weight excluding hydrogens is 396 g/mol. The number of ether oxygens (including phenoxy) is 2. The molecule has 3 aromatic carbocycles. The summed E-state index contributed by atoms with van der Waals surface area (Å²) in [5.41, 5.74) is -0.549. The summed E-state index contributed by atoms with van der Waals surface area (Å²) in [4.78, 5) is 26.7. The zero-order valence-corrected chi connectivity index (χ0v) is 17.4. The molecule has 0 aliphatic carbocycles. The molecule has 0 aromatic heterocycles. The number of imide groups is 1. The van der Waals surface area contributed by atoms with Crippen molar-refractivity contribution in [3.05, 3.63) is 72.3 Å². The van der Waals surface area contributed by atoms with Crippen LogP contribution in [0.25, 0.3) is 10.8 Å². The molecule has 1 aliphatic heterocycles. The minimum Gasteiger partial charge on any atom is -0.497 e. The predicted molar refractivity (Wildman–Crippen MR) is 116 cm³/mol. The van der Waals surface area contributed by atoms with Crippen LogP contribution in [0, 0.1) is 0 Å². The van der Waals surface area contributed by atoms with Gasteiger partial charge in [-0.3, -0.25) is 9.69 Å². The van der Waals surface area contributed by atoms with Crippen molar-refractivity contribution in [3.8, 4) is 11.5 Å². The Morgan fingerprint density at radius 3 is 2.45 bits per heavy atom. The normalized spacial score (nSPS) is 19.4. The van der Waals surface area contributed by atoms with Gasteiger partial charge in [0.1, 0.15) is 29.7 Å².